The second kappa shape index (κ2) is 7.63. The lowest BCUT2D eigenvalue weighted by Gasteiger charge is -2.44. The molecule has 166 valence electrons. The van der Waals surface area contributed by atoms with E-state index in [1.54, 1.807) is 46.5 Å². The van der Waals surface area contributed by atoms with Crippen molar-refractivity contribution in [2.75, 3.05) is 32.8 Å². The molecule has 2 aliphatic heterocycles. The number of sulfonamides is 1. The van der Waals surface area contributed by atoms with Crippen LogP contribution in [0.5, 0.6) is 5.75 Å². The molecule has 5 rings (SSSR count). The third-order valence-electron chi connectivity index (χ3n) is 6.63. The van der Waals surface area contributed by atoms with Gasteiger partial charge in [0.1, 0.15) is 16.4 Å². The third kappa shape index (κ3) is 3.96. The molecule has 8 nitrogen and oxygen atoms in total. The highest BCUT2D eigenvalue weighted by Gasteiger charge is 2.45. The number of hydrogen-bond donors (Lipinski definition) is 0. The van der Waals surface area contributed by atoms with Crippen molar-refractivity contribution in [3.8, 4) is 5.75 Å². The van der Waals surface area contributed by atoms with Gasteiger partial charge in [0, 0.05) is 37.7 Å². The first-order valence-corrected chi connectivity index (χ1v) is 12.2. The summed E-state index contributed by atoms with van der Waals surface area (Å²) in [7, 11) is -3.64. The normalized spacial score (nSPS) is 22.9. The molecule has 1 aromatic carbocycles. The minimum Gasteiger partial charge on any atom is -0.492 e. The van der Waals surface area contributed by atoms with Crippen LogP contribution in [-0.2, 0) is 10.0 Å². The lowest BCUT2D eigenvalue weighted by atomic mass is 9.78. The van der Waals surface area contributed by atoms with Gasteiger partial charge in [0.05, 0.1) is 6.61 Å². The molecule has 0 bridgehead atoms. The van der Waals surface area contributed by atoms with E-state index in [0.717, 1.165) is 12.8 Å². The van der Waals surface area contributed by atoms with E-state index in [1.807, 2.05) is 0 Å². The van der Waals surface area contributed by atoms with Crippen LogP contribution in [0.15, 0.2) is 39.8 Å². The second-order valence-electron chi connectivity index (χ2n) is 9.09. The Hall–Kier alpha value is -2.39. The maximum atomic E-state index is 13.5. The summed E-state index contributed by atoms with van der Waals surface area (Å²) in [6.45, 7) is 4.24. The minimum atomic E-state index is -3.64. The first kappa shape index (κ1) is 20.5. The zero-order valence-electron chi connectivity index (χ0n) is 17.6. The van der Waals surface area contributed by atoms with Gasteiger partial charge in [-0.1, -0.05) is 17.3 Å². The van der Waals surface area contributed by atoms with Crippen LogP contribution in [0.4, 0.5) is 0 Å². The van der Waals surface area contributed by atoms with E-state index >= 15 is 0 Å². The number of benzene rings is 1. The number of amides is 1. The van der Waals surface area contributed by atoms with Gasteiger partial charge in [-0.15, -0.1) is 0 Å². The molecular formula is C22H27N3O5S. The zero-order chi connectivity index (χ0) is 21.6. The molecule has 31 heavy (non-hydrogen) atoms. The standard InChI is InChI=1S/C22H27N3O5S/c1-16-12-18(23-30-16)21(26)24-10-8-22(9-11-24)14-25(13-17-6-7-17)31(27,28)20-5-3-2-4-19(20)29-15-22/h2-5,12,17H,6-11,13-15H2,1H3. The summed E-state index contributed by atoms with van der Waals surface area (Å²) in [6, 6.07) is 8.54. The van der Waals surface area contributed by atoms with Gasteiger partial charge in [-0.05, 0) is 50.7 Å². The van der Waals surface area contributed by atoms with E-state index < -0.39 is 10.0 Å². The van der Waals surface area contributed by atoms with Crippen molar-refractivity contribution >= 4 is 15.9 Å². The number of hydrogen-bond acceptors (Lipinski definition) is 6. The molecule has 1 aromatic heterocycles. The van der Waals surface area contributed by atoms with Crippen LogP contribution in [0.2, 0.25) is 0 Å². The summed E-state index contributed by atoms with van der Waals surface area (Å²) in [6.07, 6.45) is 3.51. The topological polar surface area (TPSA) is 93.0 Å². The largest absolute Gasteiger partial charge is 0.492 e. The SMILES string of the molecule is Cc1cc(C(=O)N2CCC3(CC2)COc2ccccc2S(=O)(=O)N(CC2CC2)C3)no1. The van der Waals surface area contributed by atoms with Crippen molar-refractivity contribution in [3.05, 3.63) is 41.8 Å². The number of rotatable bonds is 3. The van der Waals surface area contributed by atoms with Gasteiger partial charge in [-0.25, -0.2) is 8.42 Å². The average molecular weight is 446 g/mol. The summed E-state index contributed by atoms with van der Waals surface area (Å²) in [5.41, 5.74) is -0.0133. The highest BCUT2D eigenvalue weighted by atomic mass is 32.2. The smallest absolute Gasteiger partial charge is 0.276 e. The number of fused-ring (bicyclic) bond motifs is 1. The van der Waals surface area contributed by atoms with Crippen molar-refractivity contribution < 1.29 is 22.5 Å². The number of carbonyl (C=O) groups excluding carboxylic acids is 1. The quantitative estimate of drug-likeness (QED) is 0.721. The third-order valence-corrected chi connectivity index (χ3v) is 8.48. The summed E-state index contributed by atoms with van der Waals surface area (Å²) in [5, 5.41) is 3.84. The fraction of sp³-hybridized carbons (Fsp3) is 0.545. The van der Waals surface area contributed by atoms with Gasteiger partial charge in [0.15, 0.2) is 5.69 Å². The van der Waals surface area contributed by atoms with Crippen LogP contribution in [0.25, 0.3) is 0 Å². The Labute approximate surface area is 182 Å². The van der Waals surface area contributed by atoms with Crippen LogP contribution in [-0.4, -0.2) is 61.5 Å². The molecule has 2 aromatic rings. The predicted octanol–water partition coefficient (Wildman–Crippen LogP) is 2.70. The molecule has 1 saturated carbocycles. The summed E-state index contributed by atoms with van der Waals surface area (Å²) in [5.74, 6) is 1.31. The van der Waals surface area contributed by atoms with Gasteiger partial charge >= 0.3 is 0 Å². The zero-order valence-corrected chi connectivity index (χ0v) is 18.4. The molecule has 0 atom stereocenters. The molecule has 1 spiro atoms. The van der Waals surface area contributed by atoms with Crippen LogP contribution in [0.1, 0.15) is 41.9 Å². The van der Waals surface area contributed by atoms with E-state index in [9.17, 15) is 13.2 Å². The number of para-hydroxylation sites is 1. The lowest BCUT2D eigenvalue weighted by Crippen LogP contribution is -2.52. The Morgan fingerprint density at radius 3 is 2.65 bits per heavy atom. The molecular weight excluding hydrogens is 418 g/mol. The number of nitrogens with zero attached hydrogens (tertiary/aromatic N) is 3. The van der Waals surface area contributed by atoms with Crippen molar-refractivity contribution in [2.24, 2.45) is 11.3 Å². The molecule has 3 aliphatic rings. The van der Waals surface area contributed by atoms with Crippen LogP contribution in [0, 0.1) is 18.3 Å². The van der Waals surface area contributed by atoms with Crippen LogP contribution < -0.4 is 4.74 Å². The summed E-state index contributed by atoms with van der Waals surface area (Å²) in [4.78, 5) is 14.8. The van der Waals surface area contributed by atoms with Gasteiger partial charge < -0.3 is 14.2 Å². The Bertz CT molecular complexity index is 1080. The highest BCUT2D eigenvalue weighted by Crippen LogP contribution is 2.41. The monoisotopic (exact) mass is 445 g/mol. The highest BCUT2D eigenvalue weighted by molar-refractivity contribution is 7.89. The number of piperidine rings is 1. The maximum absolute atomic E-state index is 13.5. The molecule has 9 heteroatoms. The fourth-order valence-electron chi connectivity index (χ4n) is 4.52. The molecule has 3 heterocycles. The van der Waals surface area contributed by atoms with Crippen molar-refractivity contribution in [2.45, 2.75) is 37.5 Å². The van der Waals surface area contributed by atoms with E-state index in [2.05, 4.69) is 5.16 Å². The first-order chi connectivity index (χ1) is 14.9. The molecule has 0 N–H and O–H groups in total. The number of ether oxygens (including phenoxy) is 1. The predicted molar refractivity (Wildman–Crippen MR) is 112 cm³/mol. The van der Waals surface area contributed by atoms with Gasteiger partial charge in [-0.2, -0.15) is 4.31 Å². The van der Waals surface area contributed by atoms with Crippen LogP contribution in [0.3, 0.4) is 0 Å². The maximum Gasteiger partial charge on any atom is 0.276 e. The van der Waals surface area contributed by atoms with E-state index in [-0.39, 0.29) is 16.2 Å². The van der Waals surface area contributed by atoms with Gasteiger partial charge in [-0.3, -0.25) is 4.79 Å². The molecule has 0 radical (unpaired) electrons. The summed E-state index contributed by atoms with van der Waals surface area (Å²) >= 11 is 0. The fourth-order valence-corrected chi connectivity index (χ4v) is 6.28. The molecule has 1 aliphatic carbocycles. The van der Waals surface area contributed by atoms with E-state index in [4.69, 9.17) is 9.26 Å². The Kier molecular flexibility index (Phi) is 5.05. The number of aromatic nitrogens is 1. The molecule has 2 fully saturated rings. The molecule has 1 saturated heterocycles. The second-order valence-corrected chi connectivity index (χ2v) is 11.0. The number of carbonyl (C=O) groups is 1. The molecule has 1 amide bonds. The molecule has 0 unspecified atom stereocenters. The Balaban J connectivity index is 1.39. The summed E-state index contributed by atoms with van der Waals surface area (Å²) < 4.78 is 39.8. The minimum absolute atomic E-state index is 0.147. The van der Waals surface area contributed by atoms with E-state index in [1.165, 1.54) is 0 Å². The van der Waals surface area contributed by atoms with Gasteiger partial charge in [0.25, 0.3) is 5.91 Å². The lowest BCUT2D eigenvalue weighted by molar-refractivity contribution is 0.0291. The van der Waals surface area contributed by atoms with Crippen molar-refractivity contribution in [3.63, 3.8) is 0 Å². The number of likely N-dealkylation sites (tertiary alicyclic amines) is 1. The van der Waals surface area contributed by atoms with Crippen molar-refractivity contribution in [1.82, 2.24) is 14.4 Å². The van der Waals surface area contributed by atoms with Crippen LogP contribution >= 0.6 is 0 Å². The average Bonchev–Trinajstić information content (AvgIpc) is 3.48. The first-order valence-electron chi connectivity index (χ1n) is 10.8. The van der Waals surface area contributed by atoms with Crippen molar-refractivity contribution in [1.29, 1.82) is 0 Å². The van der Waals surface area contributed by atoms with Gasteiger partial charge in [0.2, 0.25) is 10.0 Å². The number of aryl methyl sites for hydroxylation is 1. The Morgan fingerprint density at radius 1 is 1.23 bits per heavy atom. The van der Waals surface area contributed by atoms with E-state index in [0.29, 0.717) is 68.7 Å². The Morgan fingerprint density at radius 2 is 1.97 bits per heavy atom.